The summed E-state index contributed by atoms with van der Waals surface area (Å²) in [5, 5.41) is 16.1. The molecule has 1 atom stereocenters. The lowest BCUT2D eigenvalue weighted by Crippen LogP contribution is -2.49. The molecule has 1 aliphatic heterocycles. The van der Waals surface area contributed by atoms with Gasteiger partial charge < -0.3 is 15.7 Å². The van der Waals surface area contributed by atoms with Crippen molar-refractivity contribution in [1.82, 2.24) is 14.9 Å². The van der Waals surface area contributed by atoms with Gasteiger partial charge in [-0.05, 0) is 37.5 Å². The number of hydrogen-bond donors (Lipinski definition) is 3. The van der Waals surface area contributed by atoms with Crippen LogP contribution in [-0.2, 0) is 10.0 Å². The van der Waals surface area contributed by atoms with Gasteiger partial charge in [-0.1, -0.05) is 23.7 Å². The van der Waals surface area contributed by atoms with Gasteiger partial charge in [0.25, 0.3) is 0 Å². The largest absolute Gasteiger partial charge is 0.387 e. The fraction of sp³-hybridized carbons (Fsp3) is 0.562. The normalized spacial score (nSPS) is 17.9. The van der Waals surface area contributed by atoms with Crippen LogP contribution in [0, 0.1) is 0 Å². The number of benzene rings is 1. The first kappa shape index (κ1) is 20.0. The number of urea groups is 1. The van der Waals surface area contributed by atoms with Gasteiger partial charge in [0.2, 0.25) is 10.0 Å². The summed E-state index contributed by atoms with van der Waals surface area (Å²) in [6, 6.07) is 6.32. The van der Waals surface area contributed by atoms with Gasteiger partial charge in [-0.3, -0.25) is 0 Å². The third-order valence-corrected chi connectivity index (χ3v) is 6.39. The number of piperidine rings is 1. The zero-order chi connectivity index (χ0) is 18.4. The third kappa shape index (κ3) is 5.85. The number of carbonyl (C=O) groups excluding carboxylic acids is 1. The molecule has 0 spiro atoms. The zero-order valence-electron chi connectivity index (χ0n) is 14.1. The van der Waals surface area contributed by atoms with Crippen molar-refractivity contribution < 1.29 is 18.3 Å². The summed E-state index contributed by atoms with van der Waals surface area (Å²) >= 11 is 5.80. The Morgan fingerprint density at radius 2 is 1.92 bits per heavy atom. The molecule has 1 aliphatic rings. The Labute approximate surface area is 153 Å². The maximum atomic E-state index is 11.9. The molecule has 1 fully saturated rings. The lowest BCUT2D eigenvalue weighted by Gasteiger charge is -2.31. The van der Waals surface area contributed by atoms with Gasteiger partial charge in [0.1, 0.15) is 0 Å². The van der Waals surface area contributed by atoms with E-state index in [0.29, 0.717) is 36.5 Å². The first-order chi connectivity index (χ1) is 11.8. The van der Waals surface area contributed by atoms with Crippen LogP contribution in [-0.4, -0.2) is 55.3 Å². The van der Waals surface area contributed by atoms with Crippen LogP contribution in [0.2, 0.25) is 5.02 Å². The van der Waals surface area contributed by atoms with E-state index in [9.17, 15) is 18.3 Å². The Bertz CT molecular complexity index is 673. The standard InChI is InChI=1S/C16H24ClN3O4S/c1-2-25(23,24)20-9-7-14(8-10-20)19-16(22)18-11-15(21)12-3-5-13(17)6-4-12/h3-6,14-15,21H,2,7-11H2,1H3,(H2,18,19,22). The van der Waals surface area contributed by atoms with E-state index in [4.69, 9.17) is 11.6 Å². The topological polar surface area (TPSA) is 98.7 Å². The van der Waals surface area contributed by atoms with E-state index in [1.54, 1.807) is 31.2 Å². The lowest BCUT2D eigenvalue weighted by atomic mass is 10.1. The highest BCUT2D eigenvalue weighted by atomic mass is 35.5. The maximum absolute atomic E-state index is 11.9. The number of rotatable bonds is 6. The summed E-state index contributed by atoms with van der Waals surface area (Å²) in [5.74, 6) is 0.0914. The van der Waals surface area contributed by atoms with Crippen molar-refractivity contribution in [3.63, 3.8) is 0 Å². The van der Waals surface area contributed by atoms with Crippen molar-refractivity contribution in [2.24, 2.45) is 0 Å². The number of amides is 2. The smallest absolute Gasteiger partial charge is 0.315 e. The second-order valence-corrected chi connectivity index (χ2v) is 8.69. The van der Waals surface area contributed by atoms with Gasteiger partial charge >= 0.3 is 6.03 Å². The van der Waals surface area contributed by atoms with Crippen LogP contribution < -0.4 is 10.6 Å². The second kappa shape index (κ2) is 8.84. The average molecular weight is 390 g/mol. The molecule has 0 bridgehead atoms. The van der Waals surface area contributed by atoms with Crippen LogP contribution in [0.1, 0.15) is 31.4 Å². The van der Waals surface area contributed by atoms with Gasteiger partial charge in [0, 0.05) is 30.7 Å². The van der Waals surface area contributed by atoms with E-state index in [0.717, 1.165) is 0 Å². The van der Waals surface area contributed by atoms with Crippen LogP contribution in [0.25, 0.3) is 0 Å². The van der Waals surface area contributed by atoms with Gasteiger partial charge in [0.05, 0.1) is 11.9 Å². The van der Waals surface area contributed by atoms with Crippen molar-refractivity contribution in [1.29, 1.82) is 0 Å². The van der Waals surface area contributed by atoms with E-state index < -0.39 is 16.1 Å². The minimum atomic E-state index is -3.17. The molecule has 1 aromatic carbocycles. The molecule has 1 unspecified atom stereocenters. The van der Waals surface area contributed by atoms with Crippen LogP contribution in [0.5, 0.6) is 0 Å². The predicted molar refractivity (Wildman–Crippen MR) is 97.0 cm³/mol. The number of sulfonamides is 1. The Balaban J connectivity index is 1.73. The van der Waals surface area contributed by atoms with Gasteiger partial charge in [-0.25, -0.2) is 17.5 Å². The second-order valence-electron chi connectivity index (χ2n) is 6.00. The Morgan fingerprint density at radius 1 is 1.32 bits per heavy atom. The number of carbonyl (C=O) groups is 1. The summed E-state index contributed by atoms with van der Waals surface area (Å²) in [4.78, 5) is 11.9. The van der Waals surface area contributed by atoms with Crippen LogP contribution in [0.3, 0.4) is 0 Å². The van der Waals surface area contributed by atoms with E-state index in [1.807, 2.05) is 0 Å². The molecule has 3 N–H and O–H groups in total. The monoisotopic (exact) mass is 389 g/mol. The summed E-state index contributed by atoms with van der Waals surface area (Å²) in [6.07, 6.45) is 0.332. The maximum Gasteiger partial charge on any atom is 0.315 e. The Morgan fingerprint density at radius 3 is 2.48 bits per heavy atom. The summed E-state index contributed by atoms with van der Waals surface area (Å²) in [7, 11) is -3.17. The number of aliphatic hydroxyl groups excluding tert-OH is 1. The molecule has 1 saturated heterocycles. The molecule has 1 heterocycles. The molecule has 0 saturated carbocycles. The summed E-state index contributed by atoms with van der Waals surface area (Å²) in [5.41, 5.74) is 0.669. The molecule has 7 nitrogen and oxygen atoms in total. The minimum absolute atomic E-state index is 0.0732. The van der Waals surface area contributed by atoms with E-state index >= 15 is 0 Å². The predicted octanol–water partition coefficient (Wildman–Crippen LogP) is 1.49. The molecule has 0 radical (unpaired) electrons. The molecule has 9 heteroatoms. The number of nitrogens with zero attached hydrogens (tertiary/aromatic N) is 1. The van der Waals surface area contributed by atoms with Crippen molar-refractivity contribution in [2.45, 2.75) is 31.9 Å². The molecule has 0 aromatic heterocycles. The van der Waals surface area contributed by atoms with E-state index in [2.05, 4.69) is 10.6 Å². The number of halogens is 1. The Kier molecular flexibility index (Phi) is 7.06. The van der Waals surface area contributed by atoms with Crippen molar-refractivity contribution >= 4 is 27.7 Å². The van der Waals surface area contributed by atoms with E-state index in [-0.39, 0.29) is 24.4 Å². The zero-order valence-corrected chi connectivity index (χ0v) is 15.7. The van der Waals surface area contributed by atoms with Crippen LogP contribution in [0.15, 0.2) is 24.3 Å². The van der Waals surface area contributed by atoms with Gasteiger partial charge in [-0.15, -0.1) is 0 Å². The van der Waals surface area contributed by atoms with Crippen molar-refractivity contribution in [3.05, 3.63) is 34.9 Å². The van der Waals surface area contributed by atoms with Crippen molar-refractivity contribution in [3.8, 4) is 0 Å². The number of nitrogens with one attached hydrogen (secondary N) is 2. The highest BCUT2D eigenvalue weighted by Gasteiger charge is 2.27. The average Bonchev–Trinajstić information content (AvgIpc) is 2.61. The molecule has 2 amide bonds. The first-order valence-electron chi connectivity index (χ1n) is 8.27. The molecule has 25 heavy (non-hydrogen) atoms. The van der Waals surface area contributed by atoms with Gasteiger partial charge in [0.15, 0.2) is 0 Å². The molecule has 140 valence electrons. The van der Waals surface area contributed by atoms with E-state index in [1.165, 1.54) is 4.31 Å². The third-order valence-electron chi connectivity index (χ3n) is 4.26. The van der Waals surface area contributed by atoms with Crippen LogP contribution >= 0.6 is 11.6 Å². The number of aliphatic hydroxyl groups is 1. The Hall–Kier alpha value is -1.35. The molecule has 1 aromatic rings. The van der Waals surface area contributed by atoms with Crippen molar-refractivity contribution in [2.75, 3.05) is 25.4 Å². The first-order valence-corrected chi connectivity index (χ1v) is 10.3. The van der Waals surface area contributed by atoms with Gasteiger partial charge in [-0.2, -0.15) is 0 Å². The minimum Gasteiger partial charge on any atom is -0.387 e. The summed E-state index contributed by atoms with van der Waals surface area (Å²) in [6.45, 7) is 2.53. The highest BCUT2D eigenvalue weighted by Crippen LogP contribution is 2.16. The molecular weight excluding hydrogens is 366 g/mol. The lowest BCUT2D eigenvalue weighted by molar-refractivity contribution is 0.171. The van der Waals surface area contributed by atoms with Crippen LogP contribution in [0.4, 0.5) is 4.79 Å². The quantitative estimate of drug-likeness (QED) is 0.686. The molecule has 2 rings (SSSR count). The summed E-state index contributed by atoms with van der Waals surface area (Å²) < 4.78 is 25.1. The molecule has 0 aliphatic carbocycles. The highest BCUT2D eigenvalue weighted by molar-refractivity contribution is 7.89. The fourth-order valence-electron chi connectivity index (χ4n) is 2.69. The fourth-order valence-corrected chi connectivity index (χ4v) is 3.95. The molecular formula is C16H24ClN3O4S. The number of hydrogen-bond acceptors (Lipinski definition) is 4. The SMILES string of the molecule is CCS(=O)(=O)N1CCC(NC(=O)NCC(O)c2ccc(Cl)cc2)CC1.